The Bertz CT molecular complexity index is 766. The second kappa shape index (κ2) is 7.70. The highest BCUT2D eigenvalue weighted by molar-refractivity contribution is 5.93. The van der Waals surface area contributed by atoms with Gasteiger partial charge in [0, 0.05) is 18.9 Å². The molecule has 7 nitrogen and oxygen atoms in total. The Morgan fingerprint density at radius 1 is 1.31 bits per heavy atom. The number of ether oxygens (including phenoxy) is 2. The smallest absolute Gasteiger partial charge is 0.316 e. The summed E-state index contributed by atoms with van der Waals surface area (Å²) in [5.41, 5.74) is 0.300. The summed E-state index contributed by atoms with van der Waals surface area (Å²) < 4.78 is 10.7. The van der Waals surface area contributed by atoms with Crippen molar-refractivity contribution in [2.75, 3.05) is 26.8 Å². The predicted octanol–water partition coefficient (Wildman–Crippen LogP) is 1.84. The van der Waals surface area contributed by atoms with Crippen LogP contribution in [0.2, 0.25) is 0 Å². The van der Waals surface area contributed by atoms with Crippen LogP contribution >= 0.6 is 0 Å². The van der Waals surface area contributed by atoms with Gasteiger partial charge >= 0.3 is 6.01 Å². The fourth-order valence-electron chi connectivity index (χ4n) is 3.05. The second-order valence-corrected chi connectivity index (χ2v) is 6.57. The maximum absolute atomic E-state index is 12.7. The van der Waals surface area contributed by atoms with Crippen molar-refractivity contribution in [1.82, 2.24) is 14.9 Å². The van der Waals surface area contributed by atoms with Crippen molar-refractivity contribution in [3.05, 3.63) is 47.8 Å². The number of aryl methyl sites for hydroxylation is 1. The number of aromatic nitrogens is 2. The lowest BCUT2D eigenvalue weighted by Crippen LogP contribution is -2.53. The van der Waals surface area contributed by atoms with Crippen LogP contribution in [0.1, 0.15) is 28.8 Å². The van der Waals surface area contributed by atoms with Crippen LogP contribution in [-0.2, 0) is 0 Å². The number of carbonyl (C=O) groups excluding carboxylic acids is 1. The molecule has 1 atom stereocenters. The monoisotopic (exact) mass is 357 g/mol. The van der Waals surface area contributed by atoms with Crippen molar-refractivity contribution in [2.45, 2.75) is 25.4 Å². The van der Waals surface area contributed by atoms with E-state index in [-0.39, 0.29) is 25.1 Å². The lowest BCUT2D eigenvalue weighted by atomic mass is 9.93. The maximum Gasteiger partial charge on any atom is 0.316 e. The van der Waals surface area contributed by atoms with E-state index in [0.29, 0.717) is 24.9 Å². The summed E-state index contributed by atoms with van der Waals surface area (Å²) in [5.74, 6) is 0.537. The molecule has 0 saturated carbocycles. The number of β-amino-alcohol motifs (C(OH)–C–C–N with tert-alkyl or cyclic N) is 1. The molecule has 138 valence electrons. The topological polar surface area (TPSA) is 84.8 Å². The number of carbonyl (C=O) groups is 1. The van der Waals surface area contributed by atoms with E-state index in [2.05, 4.69) is 9.97 Å². The van der Waals surface area contributed by atoms with Gasteiger partial charge in [0.05, 0.1) is 19.2 Å². The Balaban J connectivity index is 1.65. The summed E-state index contributed by atoms with van der Waals surface area (Å²) in [6.07, 6.45) is 4.16. The fourth-order valence-corrected chi connectivity index (χ4v) is 3.05. The molecule has 2 heterocycles. The molecule has 0 radical (unpaired) electrons. The minimum absolute atomic E-state index is 0.140. The van der Waals surface area contributed by atoms with E-state index in [1.54, 1.807) is 4.90 Å². The van der Waals surface area contributed by atoms with Crippen molar-refractivity contribution in [2.24, 2.45) is 0 Å². The average Bonchev–Trinajstić information content (AvgIpc) is 2.67. The Morgan fingerprint density at radius 3 is 2.73 bits per heavy atom. The van der Waals surface area contributed by atoms with Gasteiger partial charge in [-0.1, -0.05) is 18.2 Å². The lowest BCUT2D eigenvalue weighted by Gasteiger charge is -2.39. The summed E-state index contributed by atoms with van der Waals surface area (Å²) in [6.45, 7) is 2.89. The highest BCUT2D eigenvalue weighted by atomic mass is 16.5. The first-order valence-corrected chi connectivity index (χ1v) is 8.57. The molecule has 1 aromatic carbocycles. The molecule has 0 spiro atoms. The molecular formula is C19H23N3O4. The number of rotatable bonds is 5. The predicted molar refractivity (Wildman–Crippen MR) is 95.3 cm³/mol. The number of amides is 1. The molecular weight excluding hydrogens is 334 g/mol. The van der Waals surface area contributed by atoms with Crippen LogP contribution in [0, 0.1) is 6.92 Å². The third-order valence-electron chi connectivity index (χ3n) is 4.49. The number of nitrogens with zero attached hydrogens (tertiary/aromatic N) is 3. The van der Waals surface area contributed by atoms with Crippen LogP contribution in [-0.4, -0.2) is 58.3 Å². The number of hydrogen-bond donors (Lipinski definition) is 1. The van der Waals surface area contributed by atoms with Crippen molar-refractivity contribution < 1.29 is 19.4 Å². The van der Waals surface area contributed by atoms with E-state index in [9.17, 15) is 9.90 Å². The second-order valence-electron chi connectivity index (χ2n) is 6.57. The first-order chi connectivity index (χ1) is 12.5. The Kier molecular flexibility index (Phi) is 5.37. The van der Waals surface area contributed by atoms with E-state index < -0.39 is 5.60 Å². The number of methoxy groups -OCH3 is 1. The molecule has 7 heteroatoms. The van der Waals surface area contributed by atoms with Crippen LogP contribution < -0.4 is 9.47 Å². The number of likely N-dealkylation sites (tertiary alicyclic amines) is 1. The Morgan fingerprint density at radius 2 is 2.04 bits per heavy atom. The zero-order chi connectivity index (χ0) is 18.6. The number of piperidine rings is 1. The molecule has 0 unspecified atom stereocenters. The van der Waals surface area contributed by atoms with E-state index in [1.165, 1.54) is 19.5 Å². The van der Waals surface area contributed by atoms with Crippen LogP contribution in [0.25, 0.3) is 0 Å². The zero-order valence-corrected chi connectivity index (χ0v) is 15.0. The maximum atomic E-state index is 12.7. The highest BCUT2D eigenvalue weighted by Gasteiger charge is 2.36. The summed E-state index contributed by atoms with van der Waals surface area (Å²) in [4.78, 5) is 22.2. The highest BCUT2D eigenvalue weighted by Crippen LogP contribution is 2.25. The normalized spacial score (nSPS) is 19.9. The summed E-state index contributed by atoms with van der Waals surface area (Å²) >= 11 is 0. The molecule has 0 bridgehead atoms. The van der Waals surface area contributed by atoms with Crippen LogP contribution in [0.15, 0.2) is 36.7 Å². The third-order valence-corrected chi connectivity index (χ3v) is 4.49. The van der Waals surface area contributed by atoms with Crippen molar-refractivity contribution in [1.29, 1.82) is 0 Å². The molecule has 3 rings (SSSR count). The lowest BCUT2D eigenvalue weighted by molar-refractivity contribution is -0.0533. The van der Waals surface area contributed by atoms with E-state index in [1.807, 2.05) is 31.2 Å². The fraction of sp³-hybridized carbons (Fsp3) is 0.421. The Labute approximate surface area is 152 Å². The van der Waals surface area contributed by atoms with Gasteiger partial charge in [0.2, 0.25) is 0 Å². The average molecular weight is 357 g/mol. The van der Waals surface area contributed by atoms with Gasteiger partial charge in [-0.25, -0.2) is 9.97 Å². The van der Waals surface area contributed by atoms with Gasteiger partial charge in [0.15, 0.2) is 0 Å². The van der Waals surface area contributed by atoms with Gasteiger partial charge in [-0.05, 0) is 31.4 Å². The first kappa shape index (κ1) is 18.1. The van der Waals surface area contributed by atoms with Gasteiger partial charge in [0.25, 0.3) is 5.91 Å². The molecule has 1 aliphatic rings. The summed E-state index contributed by atoms with van der Waals surface area (Å²) in [5, 5.41) is 10.9. The van der Waals surface area contributed by atoms with Crippen molar-refractivity contribution in [3.8, 4) is 11.8 Å². The molecule has 0 aliphatic carbocycles. The van der Waals surface area contributed by atoms with E-state index >= 15 is 0 Å². The van der Waals surface area contributed by atoms with Gasteiger partial charge in [-0.2, -0.15) is 0 Å². The van der Waals surface area contributed by atoms with Gasteiger partial charge in [0.1, 0.15) is 18.0 Å². The van der Waals surface area contributed by atoms with Crippen LogP contribution in [0.3, 0.4) is 0 Å². The molecule has 26 heavy (non-hydrogen) atoms. The number of benzene rings is 1. The standard InChI is InChI=1S/C19H23N3O4/c1-14-6-3-4-7-16(14)26-13-19(24)8-5-9-22(12-19)17(23)15-10-20-18(25-2)21-11-15/h3-4,6-7,10-11,24H,5,8-9,12-13H2,1-2H3/t19-/m1/s1. The SMILES string of the molecule is COc1ncc(C(=O)N2CCC[C@](O)(COc3ccccc3C)C2)cn1. The molecule has 1 aromatic heterocycles. The van der Waals surface area contributed by atoms with E-state index in [4.69, 9.17) is 9.47 Å². The van der Waals surface area contributed by atoms with Gasteiger partial charge in [-0.15, -0.1) is 0 Å². The van der Waals surface area contributed by atoms with Gasteiger partial charge < -0.3 is 19.5 Å². The molecule has 1 N–H and O–H groups in total. The molecule has 1 saturated heterocycles. The molecule has 1 amide bonds. The van der Waals surface area contributed by atoms with Gasteiger partial charge in [-0.3, -0.25) is 4.79 Å². The minimum Gasteiger partial charge on any atom is -0.490 e. The first-order valence-electron chi connectivity index (χ1n) is 8.57. The Hall–Kier alpha value is -2.67. The number of para-hydroxylation sites is 1. The number of hydrogen-bond acceptors (Lipinski definition) is 6. The van der Waals surface area contributed by atoms with Crippen molar-refractivity contribution in [3.63, 3.8) is 0 Å². The largest absolute Gasteiger partial charge is 0.490 e. The molecule has 2 aromatic rings. The molecule has 1 fully saturated rings. The minimum atomic E-state index is -1.08. The summed E-state index contributed by atoms with van der Waals surface area (Å²) in [6, 6.07) is 7.88. The molecule has 1 aliphatic heterocycles. The quantitative estimate of drug-likeness (QED) is 0.879. The number of aliphatic hydroxyl groups is 1. The van der Waals surface area contributed by atoms with Crippen LogP contribution in [0.5, 0.6) is 11.8 Å². The van der Waals surface area contributed by atoms with Crippen LogP contribution in [0.4, 0.5) is 0 Å². The zero-order valence-electron chi connectivity index (χ0n) is 15.0. The third kappa shape index (κ3) is 4.11. The summed E-state index contributed by atoms with van der Waals surface area (Å²) in [7, 11) is 1.47. The van der Waals surface area contributed by atoms with Crippen molar-refractivity contribution >= 4 is 5.91 Å². The van der Waals surface area contributed by atoms with E-state index in [0.717, 1.165) is 11.3 Å².